The Morgan fingerprint density at radius 2 is 2.00 bits per heavy atom. The summed E-state index contributed by atoms with van der Waals surface area (Å²) in [5.41, 5.74) is 1.82. The molecule has 92 valence electrons. The number of pyridine rings is 1. The van der Waals surface area contributed by atoms with Crippen LogP contribution >= 0.6 is 11.6 Å². The van der Waals surface area contributed by atoms with Crippen molar-refractivity contribution in [2.75, 3.05) is 5.32 Å². The molecule has 2 rings (SSSR count). The number of aromatic nitrogens is 1. The smallest absolute Gasteiger partial charge is 0.224 e. The van der Waals surface area contributed by atoms with Gasteiger partial charge in [0, 0.05) is 29.5 Å². The molecule has 0 spiro atoms. The molecule has 0 atom stereocenters. The minimum absolute atomic E-state index is 0.0128. The largest absolute Gasteiger partial charge is 0.326 e. The number of carbonyl (C=O) groups excluding carboxylic acids is 1. The van der Waals surface area contributed by atoms with Crippen LogP contribution in [0.3, 0.4) is 0 Å². The number of aryl methyl sites for hydroxylation is 1. The third-order valence-corrected chi connectivity index (χ3v) is 2.74. The van der Waals surface area contributed by atoms with E-state index in [4.69, 9.17) is 11.6 Å². The van der Waals surface area contributed by atoms with Crippen molar-refractivity contribution in [3.05, 3.63) is 59.4 Å². The van der Waals surface area contributed by atoms with E-state index in [-0.39, 0.29) is 5.91 Å². The lowest BCUT2D eigenvalue weighted by Crippen LogP contribution is -2.12. The van der Waals surface area contributed by atoms with Crippen LogP contribution in [0.1, 0.15) is 12.0 Å². The first kappa shape index (κ1) is 12.6. The molecule has 0 aliphatic rings. The zero-order valence-electron chi connectivity index (χ0n) is 9.77. The fourth-order valence-corrected chi connectivity index (χ4v) is 1.69. The van der Waals surface area contributed by atoms with Gasteiger partial charge in [-0.1, -0.05) is 17.7 Å². The predicted octanol–water partition coefficient (Wildman–Crippen LogP) is 3.31. The molecular formula is C14H13ClN2O. The van der Waals surface area contributed by atoms with E-state index in [1.165, 1.54) is 0 Å². The van der Waals surface area contributed by atoms with E-state index in [0.29, 0.717) is 17.9 Å². The number of nitrogens with zero attached hydrogens (tertiary/aromatic N) is 1. The lowest BCUT2D eigenvalue weighted by atomic mass is 10.1. The lowest BCUT2D eigenvalue weighted by molar-refractivity contribution is -0.116. The Labute approximate surface area is 111 Å². The molecule has 0 radical (unpaired) electrons. The standard InChI is InChI=1S/C14H13ClN2O/c15-12-4-6-13(7-5-12)17-14(18)8-3-11-2-1-9-16-10-11/h1-2,4-7,9-10H,3,8H2,(H,17,18). The molecule has 0 saturated heterocycles. The van der Waals surface area contributed by atoms with Crippen LogP contribution in [0.15, 0.2) is 48.8 Å². The molecule has 0 unspecified atom stereocenters. The molecule has 3 nitrogen and oxygen atoms in total. The molecule has 1 aromatic heterocycles. The summed E-state index contributed by atoms with van der Waals surface area (Å²) in [4.78, 5) is 15.7. The topological polar surface area (TPSA) is 42.0 Å². The fourth-order valence-electron chi connectivity index (χ4n) is 1.56. The number of nitrogens with one attached hydrogen (secondary N) is 1. The number of anilines is 1. The molecule has 1 aromatic carbocycles. The highest BCUT2D eigenvalue weighted by Gasteiger charge is 2.03. The van der Waals surface area contributed by atoms with Crippen molar-refractivity contribution >= 4 is 23.2 Å². The van der Waals surface area contributed by atoms with E-state index in [9.17, 15) is 4.79 Å². The minimum atomic E-state index is -0.0128. The van der Waals surface area contributed by atoms with Crippen molar-refractivity contribution in [2.24, 2.45) is 0 Å². The van der Waals surface area contributed by atoms with Gasteiger partial charge in [-0.15, -0.1) is 0 Å². The number of hydrogen-bond donors (Lipinski definition) is 1. The molecule has 0 bridgehead atoms. The molecule has 1 amide bonds. The summed E-state index contributed by atoms with van der Waals surface area (Å²) < 4.78 is 0. The van der Waals surface area contributed by atoms with Gasteiger partial charge in [-0.05, 0) is 42.3 Å². The Morgan fingerprint density at radius 1 is 1.22 bits per heavy atom. The molecule has 2 aromatic rings. The molecular weight excluding hydrogens is 248 g/mol. The number of amides is 1. The normalized spacial score (nSPS) is 10.1. The van der Waals surface area contributed by atoms with Crippen LogP contribution in [-0.2, 0) is 11.2 Å². The highest BCUT2D eigenvalue weighted by molar-refractivity contribution is 6.30. The summed E-state index contributed by atoms with van der Waals surface area (Å²) in [7, 11) is 0. The average Bonchev–Trinajstić information content (AvgIpc) is 2.40. The summed E-state index contributed by atoms with van der Waals surface area (Å²) >= 11 is 5.77. The third-order valence-electron chi connectivity index (χ3n) is 2.49. The quantitative estimate of drug-likeness (QED) is 0.916. The van der Waals surface area contributed by atoms with Crippen LogP contribution < -0.4 is 5.32 Å². The van der Waals surface area contributed by atoms with E-state index in [1.807, 2.05) is 12.1 Å². The highest BCUT2D eigenvalue weighted by Crippen LogP contribution is 2.13. The number of rotatable bonds is 4. The predicted molar refractivity (Wildman–Crippen MR) is 72.6 cm³/mol. The molecule has 0 aliphatic carbocycles. The van der Waals surface area contributed by atoms with Crippen molar-refractivity contribution < 1.29 is 4.79 Å². The van der Waals surface area contributed by atoms with Crippen LogP contribution in [0.2, 0.25) is 5.02 Å². The van der Waals surface area contributed by atoms with Gasteiger partial charge in [0.2, 0.25) is 5.91 Å². The fraction of sp³-hybridized carbons (Fsp3) is 0.143. The van der Waals surface area contributed by atoms with Crippen LogP contribution in [0.25, 0.3) is 0 Å². The summed E-state index contributed by atoms with van der Waals surface area (Å²) in [6.45, 7) is 0. The second-order valence-electron chi connectivity index (χ2n) is 3.92. The van der Waals surface area contributed by atoms with Crippen LogP contribution in [0, 0.1) is 0 Å². The summed E-state index contributed by atoms with van der Waals surface area (Å²) in [5.74, 6) is -0.0128. The maximum Gasteiger partial charge on any atom is 0.224 e. The van der Waals surface area contributed by atoms with E-state index < -0.39 is 0 Å². The average molecular weight is 261 g/mol. The van der Waals surface area contributed by atoms with E-state index >= 15 is 0 Å². The Morgan fingerprint density at radius 3 is 2.67 bits per heavy atom. The van der Waals surface area contributed by atoms with Gasteiger partial charge < -0.3 is 5.32 Å². The number of hydrogen-bond acceptors (Lipinski definition) is 2. The van der Waals surface area contributed by atoms with Crippen LogP contribution in [0.4, 0.5) is 5.69 Å². The van der Waals surface area contributed by atoms with Gasteiger partial charge in [-0.2, -0.15) is 0 Å². The van der Waals surface area contributed by atoms with Crippen molar-refractivity contribution in [3.8, 4) is 0 Å². The minimum Gasteiger partial charge on any atom is -0.326 e. The summed E-state index contributed by atoms with van der Waals surface area (Å²) in [5, 5.41) is 3.48. The molecule has 0 saturated carbocycles. The lowest BCUT2D eigenvalue weighted by Gasteiger charge is -2.05. The van der Waals surface area contributed by atoms with Crippen LogP contribution in [0.5, 0.6) is 0 Å². The first-order valence-electron chi connectivity index (χ1n) is 5.68. The van der Waals surface area contributed by atoms with Gasteiger partial charge in [0.1, 0.15) is 0 Å². The Bertz CT molecular complexity index is 511. The van der Waals surface area contributed by atoms with Crippen molar-refractivity contribution in [1.29, 1.82) is 0 Å². The summed E-state index contributed by atoms with van der Waals surface area (Å²) in [6.07, 6.45) is 4.62. The first-order chi connectivity index (χ1) is 8.74. The molecule has 0 fully saturated rings. The molecule has 1 N–H and O–H groups in total. The van der Waals surface area contributed by atoms with Crippen molar-refractivity contribution in [3.63, 3.8) is 0 Å². The molecule has 4 heteroatoms. The van der Waals surface area contributed by atoms with Gasteiger partial charge in [-0.25, -0.2) is 0 Å². The van der Waals surface area contributed by atoms with E-state index in [2.05, 4.69) is 10.3 Å². The summed E-state index contributed by atoms with van der Waals surface area (Å²) in [6, 6.07) is 10.9. The van der Waals surface area contributed by atoms with Gasteiger partial charge in [-0.3, -0.25) is 9.78 Å². The monoisotopic (exact) mass is 260 g/mol. The van der Waals surface area contributed by atoms with E-state index in [0.717, 1.165) is 11.3 Å². The Balaban J connectivity index is 1.84. The van der Waals surface area contributed by atoms with Gasteiger partial charge in [0.15, 0.2) is 0 Å². The van der Waals surface area contributed by atoms with Crippen molar-refractivity contribution in [2.45, 2.75) is 12.8 Å². The highest BCUT2D eigenvalue weighted by atomic mass is 35.5. The SMILES string of the molecule is O=C(CCc1cccnc1)Nc1ccc(Cl)cc1. The van der Waals surface area contributed by atoms with Crippen LogP contribution in [-0.4, -0.2) is 10.9 Å². The van der Waals surface area contributed by atoms with Gasteiger partial charge >= 0.3 is 0 Å². The second-order valence-corrected chi connectivity index (χ2v) is 4.35. The molecule has 18 heavy (non-hydrogen) atoms. The van der Waals surface area contributed by atoms with Crippen molar-refractivity contribution in [1.82, 2.24) is 4.98 Å². The molecule has 0 aliphatic heterocycles. The number of halogens is 1. The Kier molecular flexibility index (Phi) is 4.31. The molecule has 1 heterocycles. The maximum atomic E-state index is 11.7. The zero-order chi connectivity index (χ0) is 12.8. The first-order valence-corrected chi connectivity index (χ1v) is 6.06. The van der Waals surface area contributed by atoms with Gasteiger partial charge in [0.05, 0.1) is 0 Å². The third kappa shape index (κ3) is 3.86. The van der Waals surface area contributed by atoms with Gasteiger partial charge in [0.25, 0.3) is 0 Å². The Hall–Kier alpha value is -1.87. The van der Waals surface area contributed by atoms with E-state index in [1.54, 1.807) is 36.7 Å². The number of carbonyl (C=O) groups is 1. The number of benzene rings is 1. The second kappa shape index (κ2) is 6.17. The maximum absolute atomic E-state index is 11.7. The zero-order valence-corrected chi connectivity index (χ0v) is 10.5.